The number of rotatable bonds is 0. The van der Waals surface area contributed by atoms with Crippen molar-refractivity contribution in [2.24, 2.45) is 0 Å². The van der Waals surface area contributed by atoms with Crippen molar-refractivity contribution in [2.75, 3.05) is 0 Å². The smallest absolute Gasteiger partial charge is 0.907 e. The first-order chi connectivity index (χ1) is 20.8. The fourth-order valence-electron chi connectivity index (χ4n) is 0. The van der Waals surface area contributed by atoms with Crippen molar-refractivity contribution < 1.29 is 198 Å². The summed E-state index contributed by atoms with van der Waals surface area (Å²) in [6, 6.07) is 0. The van der Waals surface area contributed by atoms with E-state index in [9.17, 15) is 0 Å². The van der Waals surface area contributed by atoms with Gasteiger partial charge in [0.15, 0.2) is 0 Å². The molecule has 0 saturated heterocycles. The molecule has 0 fully saturated rings. The van der Waals surface area contributed by atoms with Crippen LogP contribution in [0.2, 0.25) is 0 Å². The van der Waals surface area contributed by atoms with Crippen LogP contribution in [-0.4, -0.2) is 157 Å². The zero-order valence-electron chi connectivity index (χ0n) is 33.6. The van der Waals surface area contributed by atoms with E-state index in [4.69, 9.17) is 181 Å². The van der Waals surface area contributed by atoms with Gasteiger partial charge in [0.05, 0.1) is 0 Å². The molecule has 0 spiro atoms. The van der Waals surface area contributed by atoms with Crippen molar-refractivity contribution in [3.05, 3.63) is 0 Å². The maximum Gasteiger partial charge on any atom is 1.00 e. The van der Waals surface area contributed by atoms with Gasteiger partial charge in [-0.1, -0.05) is 0 Å². The first kappa shape index (κ1) is 87.9. The Bertz CT molecular complexity index is 276. The summed E-state index contributed by atoms with van der Waals surface area (Å²) in [5.41, 5.74) is 0. The van der Waals surface area contributed by atoms with Gasteiger partial charge in [-0.05, 0) is 0 Å². The van der Waals surface area contributed by atoms with Crippen LogP contribution in [0.3, 0.4) is 0 Å². The van der Waals surface area contributed by atoms with Crippen LogP contribution in [0.25, 0.3) is 0 Å². The summed E-state index contributed by atoms with van der Waals surface area (Å²) < 4.78 is 0. The van der Waals surface area contributed by atoms with Gasteiger partial charge in [0.2, 0.25) is 0 Å². The van der Waals surface area contributed by atoms with Crippen LogP contribution in [-0.2, 0) is 0 Å². The molecule has 290 valence electrons. The van der Waals surface area contributed by atoms with Crippen molar-refractivity contribution >= 4 is 157 Å². The van der Waals surface area contributed by atoms with Gasteiger partial charge in [0.1, 0.15) is 0 Å². The van der Waals surface area contributed by atoms with Crippen LogP contribution >= 0.6 is 0 Å². The Labute approximate surface area is 352 Å². The van der Waals surface area contributed by atoms with Crippen molar-refractivity contribution in [1.29, 1.82) is 0 Å². The standard InChI is InChI=1S/12BO3.Cs.H/c12*2-1(3)4;;/q12*-3;;/p+12. The van der Waals surface area contributed by atoms with E-state index in [1.54, 1.807) is 0 Å². The minimum Gasteiger partial charge on any atom is -0.907 e. The van der Waals surface area contributed by atoms with Crippen LogP contribution in [0.4, 0.5) is 0 Å². The van der Waals surface area contributed by atoms with Crippen molar-refractivity contribution in [2.45, 2.75) is 0 Å². The first-order valence-corrected chi connectivity index (χ1v) is 8.49. The van der Waals surface area contributed by atoms with E-state index < -0.39 is 87.9 Å². The van der Waals surface area contributed by atoms with Crippen molar-refractivity contribution in [3.63, 3.8) is 0 Å². The summed E-state index contributed by atoms with van der Waals surface area (Å²) in [6.45, 7) is 0. The van der Waals surface area contributed by atoms with Crippen molar-refractivity contribution in [3.8, 4) is 0 Å². The maximum absolute atomic E-state index is 8.42. The largest absolute Gasteiger partial charge is 1.00 e. The van der Waals surface area contributed by atoms with Gasteiger partial charge < -0.3 is 181 Å². The van der Waals surface area contributed by atoms with Gasteiger partial charge in [-0.15, -0.1) is 0 Å². The van der Waals surface area contributed by atoms with Gasteiger partial charge in [0.25, 0.3) is 0 Å². The van der Waals surface area contributed by atoms with E-state index in [-0.39, 0.29) is 86.0 Å². The van der Waals surface area contributed by atoms with Gasteiger partial charge in [0, 0.05) is 0 Å². The van der Waals surface area contributed by atoms with Crippen LogP contribution in [0.15, 0.2) is 0 Å². The Morgan fingerprint density at radius 3 is 0.122 bits per heavy atom. The molecule has 0 saturated carbocycles. The Balaban J connectivity index is -0.00000000989. The molecule has 0 aliphatic carbocycles. The van der Waals surface area contributed by atoms with Gasteiger partial charge in [-0.2, -0.15) is 0 Å². The molecule has 0 aliphatic rings. The van der Waals surface area contributed by atoms with Crippen LogP contribution in [0.5, 0.6) is 0 Å². The Hall–Kier alpha value is 1.39. The molecule has 0 amide bonds. The van der Waals surface area contributed by atoms with E-state index in [0.717, 1.165) is 0 Å². The van der Waals surface area contributed by atoms with E-state index in [1.807, 2.05) is 0 Å². The summed E-state index contributed by atoms with van der Waals surface area (Å²) in [6.07, 6.45) is 0. The summed E-state index contributed by atoms with van der Waals surface area (Å²) in [5.74, 6) is 0. The van der Waals surface area contributed by atoms with Gasteiger partial charge in [-0.25, -0.2) is 0 Å². The molecule has 0 aromatic carbocycles. The van der Waals surface area contributed by atoms with Gasteiger partial charge in [-0.3, -0.25) is 87.9 Å². The second kappa shape index (κ2) is 82.7. The summed E-state index contributed by atoms with van der Waals surface area (Å²) in [4.78, 5) is 0. The quantitative estimate of drug-likeness (QED) is 0.204. The molecule has 49 heteroatoms. The summed E-state index contributed by atoms with van der Waals surface area (Å²) in [5, 5.41) is 303. The summed E-state index contributed by atoms with van der Waals surface area (Å²) in [7, 11) is -35.0. The topological polar surface area (TPSA) is 830 Å². The maximum atomic E-state index is 8.42. The van der Waals surface area contributed by atoms with Crippen LogP contribution in [0, 0.1) is 0 Å². The molecule has 0 radical (unpaired) electrons. The average Bonchev–Trinajstić information content (AvgIpc) is 2.61. The second-order valence-corrected chi connectivity index (χ2v) is 3.46. The fourth-order valence-corrected chi connectivity index (χ4v) is 0. The molecular formula is H13B12CsO36-24. The summed E-state index contributed by atoms with van der Waals surface area (Å²) >= 11 is 0. The third-order valence-corrected chi connectivity index (χ3v) is 0. The van der Waals surface area contributed by atoms with E-state index in [2.05, 4.69) is 0 Å². The predicted octanol–water partition coefficient (Wildman–Crippen LogP) is -46.7. The molecule has 0 aliphatic heterocycles. The van der Waals surface area contributed by atoms with E-state index >= 15 is 0 Å². The average molecular weight is 852 g/mol. The third kappa shape index (κ3) is 57300. The normalized spacial score (nSPS) is 6.61. The van der Waals surface area contributed by atoms with E-state index in [0.29, 0.717) is 0 Å². The minimum absolute atomic E-state index is 0. The minimum atomic E-state index is -2.92. The molecule has 0 N–H and O–H groups in total. The molecule has 0 heterocycles. The molecule has 49 heavy (non-hydrogen) atoms. The number of hydrogen-bond acceptors (Lipinski definition) is 36. The monoisotopic (exact) mass is 854 g/mol. The van der Waals surface area contributed by atoms with Crippen molar-refractivity contribution in [1.82, 2.24) is 0 Å². The molecule has 0 rings (SSSR count). The molecule has 0 bridgehead atoms. The third-order valence-electron chi connectivity index (χ3n) is 0. The fraction of sp³-hybridized carbons (Fsp3) is 0. The first-order valence-electron chi connectivity index (χ1n) is 8.49. The second-order valence-electron chi connectivity index (χ2n) is 3.46. The SMILES string of the molecule is [CsH].[H+].[H+].[H+].[H+].[H+].[H+].[H+].[H+].[H+].[H+].[H+].[H+].[O-]B([O-])[O-].[O-]B([O-])[O-].[O-]B([O-])[O-].[O-]B([O-])[O-].[O-]B([O-])[O-].[O-]B([O-])[O-].[O-]B([O-])[O-].[O-]B([O-])[O-].[O-]B([O-])[O-].[O-]B([O-])[O-].[O-]B([O-])[O-].[O-]B([O-])[O-]. The zero-order valence-corrected chi connectivity index (χ0v) is 21.6. The molecule has 0 aromatic rings. The molecule has 36 nitrogen and oxygen atoms in total. The number of hydrogen-bond donors (Lipinski definition) is 0. The van der Waals surface area contributed by atoms with Crippen LogP contribution < -0.4 is 181 Å². The molecule has 0 aromatic heterocycles. The Morgan fingerprint density at radius 1 is 0.122 bits per heavy atom. The zero-order chi connectivity index (χ0) is 42.9. The Kier molecular flexibility index (Phi) is 148. The van der Waals surface area contributed by atoms with Crippen LogP contribution in [0.1, 0.15) is 17.1 Å². The predicted molar refractivity (Wildman–Crippen MR) is 89.5 cm³/mol. The molecule has 0 atom stereocenters. The molecule has 0 unspecified atom stereocenters. The van der Waals surface area contributed by atoms with E-state index in [1.165, 1.54) is 0 Å². The van der Waals surface area contributed by atoms with Gasteiger partial charge >= 0.3 is 86.0 Å². The Morgan fingerprint density at radius 2 is 0.122 bits per heavy atom. The molecular weight excluding hydrogens is 839 g/mol.